The molecule has 0 bridgehead atoms. The summed E-state index contributed by atoms with van der Waals surface area (Å²) in [6.45, 7) is 0. The van der Waals surface area contributed by atoms with Crippen molar-refractivity contribution in [1.82, 2.24) is 9.55 Å². The van der Waals surface area contributed by atoms with E-state index in [0.29, 0.717) is 16.8 Å². The first kappa shape index (κ1) is 13.2. The predicted molar refractivity (Wildman–Crippen MR) is 90.6 cm³/mol. The number of nitrogens with two attached hydrogens (primary N) is 1. The maximum absolute atomic E-state index is 6.17. The van der Waals surface area contributed by atoms with Gasteiger partial charge in [-0.25, -0.2) is 4.98 Å². The van der Waals surface area contributed by atoms with Gasteiger partial charge in [-0.15, -0.1) is 0 Å². The lowest BCUT2D eigenvalue weighted by atomic mass is 10.2. The molecule has 1 aliphatic rings. The van der Waals surface area contributed by atoms with Crippen LogP contribution in [0, 0.1) is 0 Å². The molecule has 3 aromatic rings. The van der Waals surface area contributed by atoms with Crippen LogP contribution in [0.4, 0.5) is 5.69 Å². The van der Waals surface area contributed by atoms with Crippen molar-refractivity contribution in [2.24, 2.45) is 0 Å². The van der Waals surface area contributed by atoms with E-state index < -0.39 is 0 Å². The van der Waals surface area contributed by atoms with E-state index in [1.165, 1.54) is 18.4 Å². The van der Waals surface area contributed by atoms with Gasteiger partial charge in [0.25, 0.3) is 0 Å². The summed E-state index contributed by atoms with van der Waals surface area (Å²) < 4.78 is 3.36. The van der Waals surface area contributed by atoms with Crippen LogP contribution in [0.15, 0.2) is 40.9 Å². The molecule has 0 atom stereocenters. The standard InChI is InChI=1S/C16H13BrClN3/c17-10-2-6-15-14(8-10)20-16(21(15)11-3-4-11)9-1-5-13(19)12(18)7-9/h1-2,5-8,11H,3-4,19H2. The quantitative estimate of drug-likeness (QED) is 0.649. The maximum atomic E-state index is 6.17. The number of anilines is 1. The van der Waals surface area contributed by atoms with Crippen LogP contribution in [-0.2, 0) is 0 Å². The molecule has 1 heterocycles. The van der Waals surface area contributed by atoms with Crippen LogP contribution < -0.4 is 5.73 Å². The van der Waals surface area contributed by atoms with Crippen LogP contribution in [0.25, 0.3) is 22.4 Å². The number of nitrogen functional groups attached to an aromatic ring is 1. The molecule has 0 radical (unpaired) electrons. The van der Waals surface area contributed by atoms with Gasteiger partial charge in [-0.3, -0.25) is 0 Å². The van der Waals surface area contributed by atoms with Crippen LogP contribution >= 0.6 is 27.5 Å². The third-order valence-electron chi connectivity index (χ3n) is 3.82. The molecule has 2 aromatic carbocycles. The summed E-state index contributed by atoms with van der Waals surface area (Å²) in [4.78, 5) is 4.81. The zero-order chi connectivity index (χ0) is 14.6. The van der Waals surface area contributed by atoms with Crippen LogP contribution in [0.5, 0.6) is 0 Å². The Kier molecular flexibility index (Phi) is 2.98. The highest BCUT2D eigenvalue weighted by Crippen LogP contribution is 2.42. The Morgan fingerprint density at radius 2 is 2.00 bits per heavy atom. The lowest BCUT2D eigenvalue weighted by Gasteiger charge is -2.08. The molecule has 106 valence electrons. The molecule has 0 spiro atoms. The lowest BCUT2D eigenvalue weighted by Crippen LogP contribution is -1.97. The van der Waals surface area contributed by atoms with Gasteiger partial charge >= 0.3 is 0 Å². The molecule has 0 unspecified atom stereocenters. The number of benzene rings is 2. The van der Waals surface area contributed by atoms with E-state index in [1.807, 2.05) is 18.2 Å². The van der Waals surface area contributed by atoms with E-state index in [1.54, 1.807) is 0 Å². The monoisotopic (exact) mass is 361 g/mol. The highest BCUT2D eigenvalue weighted by molar-refractivity contribution is 9.10. The minimum Gasteiger partial charge on any atom is -0.398 e. The van der Waals surface area contributed by atoms with E-state index in [2.05, 4.69) is 38.7 Å². The molecule has 0 saturated heterocycles. The Morgan fingerprint density at radius 1 is 1.19 bits per heavy atom. The zero-order valence-corrected chi connectivity index (χ0v) is 13.5. The van der Waals surface area contributed by atoms with Crippen molar-refractivity contribution in [1.29, 1.82) is 0 Å². The molecule has 21 heavy (non-hydrogen) atoms. The summed E-state index contributed by atoms with van der Waals surface area (Å²) in [6, 6.07) is 12.5. The minimum absolute atomic E-state index is 0.544. The Hall–Kier alpha value is -1.52. The van der Waals surface area contributed by atoms with E-state index in [9.17, 15) is 0 Å². The van der Waals surface area contributed by atoms with Crippen molar-refractivity contribution >= 4 is 44.3 Å². The Morgan fingerprint density at radius 3 is 2.71 bits per heavy atom. The summed E-state index contributed by atoms with van der Waals surface area (Å²) in [5.41, 5.74) is 9.58. The fourth-order valence-electron chi connectivity index (χ4n) is 2.64. The smallest absolute Gasteiger partial charge is 0.141 e. The molecular formula is C16H13BrClN3. The molecule has 2 N–H and O–H groups in total. The van der Waals surface area contributed by atoms with Gasteiger partial charge < -0.3 is 10.3 Å². The summed E-state index contributed by atoms with van der Waals surface area (Å²) in [6.07, 6.45) is 2.41. The molecule has 0 amide bonds. The van der Waals surface area contributed by atoms with Gasteiger partial charge in [-0.05, 0) is 49.2 Å². The van der Waals surface area contributed by atoms with Crippen molar-refractivity contribution in [2.75, 3.05) is 5.73 Å². The Labute approximate surface area is 135 Å². The molecule has 5 heteroatoms. The summed E-state index contributed by atoms with van der Waals surface area (Å²) in [7, 11) is 0. The van der Waals surface area contributed by atoms with Gasteiger partial charge in [0.15, 0.2) is 0 Å². The summed E-state index contributed by atoms with van der Waals surface area (Å²) in [5.74, 6) is 0.965. The molecule has 3 nitrogen and oxygen atoms in total. The predicted octanol–water partition coefficient (Wildman–Crippen LogP) is 5.04. The maximum Gasteiger partial charge on any atom is 0.141 e. The topological polar surface area (TPSA) is 43.8 Å². The third kappa shape index (κ3) is 2.23. The van der Waals surface area contributed by atoms with Crippen LogP contribution in [0.1, 0.15) is 18.9 Å². The van der Waals surface area contributed by atoms with Crippen LogP contribution in [0.3, 0.4) is 0 Å². The second-order valence-electron chi connectivity index (χ2n) is 5.41. The molecule has 1 aliphatic carbocycles. The van der Waals surface area contributed by atoms with Gasteiger partial charge in [0.2, 0.25) is 0 Å². The number of imidazole rings is 1. The van der Waals surface area contributed by atoms with Crippen LogP contribution in [0.2, 0.25) is 5.02 Å². The van der Waals surface area contributed by atoms with Crippen molar-refractivity contribution in [2.45, 2.75) is 18.9 Å². The van der Waals surface area contributed by atoms with Gasteiger partial charge in [-0.1, -0.05) is 27.5 Å². The van der Waals surface area contributed by atoms with Crippen molar-refractivity contribution in [3.05, 3.63) is 45.9 Å². The average molecular weight is 363 g/mol. The number of aromatic nitrogens is 2. The van der Waals surface area contributed by atoms with E-state index in [-0.39, 0.29) is 0 Å². The molecule has 0 aliphatic heterocycles. The van der Waals surface area contributed by atoms with Gasteiger partial charge in [-0.2, -0.15) is 0 Å². The van der Waals surface area contributed by atoms with E-state index in [4.69, 9.17) is 22.3 Å². The molecule has 1 fully saturated rings. The number of rotatable bonds is 2. The highest BCUT2D eigenvalue weighted by atomic mass is 79.9. The van der Waals surface area contributed by atoms with Gasteiger partial charge in [0, 0.05) is 16.1 Å². The van der Waals surface area contributed by atoms with E-state index >= 15 is 0 Å². The zero-order valence-electron chi connectivity index (χ0n) is 11.2. The lowest BCUT2D eigenvalue weighted by molar-refractivity contribution is 0.775. The van der Waals surface area contributed by atoms with Crippen LogP contribution in [-0.4, -0.2) is 9.55 Å². The first-order chi connectivity index (χ1) is 10.1. The van der Waals surface area contributed by atoms with Gasteiger partial charge in [0.1, 0.15) is 5.82 Å². The normalized spacial score (nSPS) is 14.8. The average Bonchev–Trinajstić information content (AvgIpc) is 3.22. The fourth-order valence-corrected chi connectivity index (χ4v) is 3.17. The number of nitrogens with zero attached hydrogens (tertiary/aromatic N) is 2. The largest absolute Gasteiger partial charge is 0.398 e. The first-order valence-corrected chi connectivity index (χ1v) is 8.03. The number of fused-ring (bicyclic) bond motifs is 1. The second kappa shape index (κ2) is 4.75. The Balaban J connectivity index is 1.98. The minimum atomic E-state index is 0.544. The highest BCUT2D eigenvalue weighted by Gasteiger charge is 2.28. The molecule has 1 saturated carbocycles. The molecular weight excluding hydrogens is 350 g/mol. The first-order valence-electron chi connectivity index (χ1n) is 6.86. The number of halogens is 2. The number of hydrogen-bond donors (Lipinski definition) is 1. The second-order valence-corrected chi connectivity index (χ2v) is 6.73. The fraction of sp³-hybridized carbons (Fsp3) is 0.188. The Bertz CT molecular complexity index is 852. The molecule has 1 aromatic heterocycles. The summed E-state index contributed by atoms with van der Waals surface area (Å²) in [5, 5.41) is 0.572. The van der Waals surface area contributed by atoms with Gasteiger partial charge in [0.05, 0.1) is 21.7 Å². The number of hydrogen-bond acceptors (Lipinski definition) is 2. The van der Waals surface area contributed by atoms with Crippen molar-refractivity contribution in [3.63, 3.8) is 0 Å². The molecule has 4 rings (SSSR count). The summed E-state index contributed by atoms with van der Waals surface area (Å²) >= 11 is 9.68. The SMILES string of the molecule is Nc1ccc(-c2nc3cc(Br)ccc3n2C2CC2)cc1Cl. The van der Waals surface area contributed by atoms with Crippen molar-refractivity contribution in [3.8, 4) is 11.4 Å². The third-order valence-corrected chi connectivity index (χ3v) is 4.64. The van der Waals surface area contributed by atoms with E-state index in [0.717, 1.165) is 21.4 Å². The van der Waals surface area contributed by atoms with Crippen molar-refractivity contribution < 1.29 is 0 Å².